The Balaban J connectivity index is 1.23. The van der Waals surface area contributed by atoms with Gasteiger partial charge in [-0.15, -0.1) is 0 Å². The molecule has 0 atom stereocenters. The predicted octanol–water partition coefficient (Wildman–Crippen LogP) is 6.73. The third-order valence-electron chi connectivity index (χ3n) is 8.72. The van der Waals surface area contributed by atoms with Crippen LogP contribution in [-0.4, -0.2) is 68.0 Å². The van der Waals surface area contributed by atoms with Crippen molar-refractivity contribution in [2.24, 2.45) is 0 Å². The number of aryl methyl sites for hydroxylation is 1. The number of pyridine rings is 1. The summed E-state index contributed by atoms with van der Waals surface area (Å²) in [4.78, 5) is 23.1. The van der Waals surface area contributed by atoms with Crippen LogP contribution in [0.25, 0.3) is 5.65 Å². The summed E-state index contributed by atoms with van der Waals surface area (Å²) in [6.07, 6.45) is 8.19. The lowest BCUT2D eigenvalue weighted by Gasteiger charge is -2.34. The third kappa shape index (κ3) is 7.59. The maximum absolute atomic E-state index is 15.3. The first-order chi connectivity index (χ1) is 23.1. The molecule has 5 aromatic rings. The Morgan fingerprint density at radius 2 is 1.81 bits per heavy atom. The molecular formula is C38H43FN8O. The minimum Gasteiger partial charge on any atom is -0.350 e. The molecule has 9 nitrogen and oxygen atoms in total. The first-order valence-corrected chi connectivity index (χ1v) is 16.5. The average Bonchev–Trinajstić information content (AvgIpc) is 3.72. The summed E-state index contributed by atoms with van der Waals surface area (Å²) < 4.78 is 17.2. The number of aromatic amines is 1. The predicted molar refractivity (Wildman–Crippen MR) is 189 cm³/mol. The zero-order valence-electron chi connectivity index (χ0n) is 28.3. The lowest BCUT2D eigenvalue weighted by atomic mass is 9.85. The van der Waals surface area contributed by atoms with Crippen LogP contribution in [0.2, 0.25) is 0 Å². The molecule has 0 saturated carbocycles. The molecule has 0 radical (unpaired) electrons. The van der Waals surface area contributed by atoms with Gasteiger partial charge < -0.3 is 15.5 Å². The van der Waals surface area contributed by atoms with Gasteiger partial charge in [-0.05, 0) is 84.3 Å². The van der Waals surface area contributed by atoms with E-state index in [9.17, 15) is 4.79 Å². The number of fused-ring (bicyclic) bond motifs is 1. The van der Waals surface area contributed by atoms with Gasteiger partial charge in [0.1, 0.15) is 11.5 Å². The zero-order valence-corrected chi connectivity index (χ0v) is 28.3. The van der Waals surface area contributed by atoms with Gasteiger partial charge in [0.15, 0.2) is 5.65 Å². The number of nitrogens with one attached hydrogen (secondary N) is 3. The Morgan fingerprint density at radius 1 is 1.02 bits per heavy atom. The molecule has 1 amide bonds. The van der Waals surface area contributed by atoms with Crippen molar-refractivity contribution in [2.75, 3.05) is 43.4 Å². The van der Waals surface area contributed by atoms with Crippen LogP contribution in [0, 0.1) is 24.6 Å². The van der Waals surface area contributed by atoms with Crippen molar-refractivity contribution < 1.29 is 9.18 Å². The molecule has 1 fully saturated rings. The van der Waals surface area contributed by atoms with Gasteiger partial charge in [0.25, 0.3) is 5.91 Å². The second kappa shape index (κ2) is 14.0. The maximum Gasteiger partial charge on any atom is 0.258 e. The molecule has 4 heterocycles. The molecule has 0 aliphatic carbocycles. The number of carbonyl (C=O) groups is 1. The number of benzene rings is 2. The first-order valence-electron chi connectivity index (χ1n) is 16.5. The molecule has 1 aliphatic rings. The zero-order chi connectivity index (χ0) is 33.8. The van der Waals surface area contributed by atoms with Gasteiger partial charge in [0.05, 0.1) is 29.3 Å². The van der Waals surface area contributed by atoms with Gasteiger partial charge in [-0.3, -0.25) is 19.2 Å². The average molecular weight is 647 g/mol. The first kappa shape index (κ1) is 32.9. The lowest BCUT2D eigenvalue weighted by Crippen LogP contribution is -2.46. The SMILES string of the molecule is CCCN1CCN(Cc2cc(NC(=O)c3cc(C#Cc4cnc5c(Nc6cn[nH]c6)cccn45)c(C)cc3F)cc(C(C)(C)C)c2)CC1. The number of anilines is 3. The molecule has 10 heteroatoms. The van der Waals surface area contributed by atoms with Gasteiger partial charge >= 0.3 is 0 Å². The smallest absolute Gasteiger partial charge is 0.258 e. The molecular weight excluding hydrogens is 603 g/mol. The fourth-order valence-electron chi connectivity index (χ4n) is 6.02. The summed E-state index contributed by atoms with van der Waals surface area (Å²) in [5, 5.41) is 13.1. The highest BCUT2D eigenvalue weighted by Gasteiger charge is 2.21. The highest BCUT2D eigenvalue weighted by Crippen LogP contribution is 2.28. The van der Waals surface area contributed by atoms with Gasteiger partial charge in [-0.2, -0.15) is 5.10 Å². The van der Waals surface area contributed by atoms with Crippen LogP contribution in [0.4, 0.5) is 21.5 Å². The maximum atomic E-state index is 15.3. The summed E-state index contributed by atoms with van der Waals surface area (Å²) in [5.74, 6) is 5.23. The highest BCUT2D eigenvalue weighted by atomic mass is 19.1. The number of carbonyl (C=O) groups excluding carboxylic acids is 1. The van der Waals surface area contributed by atoms with Crippen LogP contribution in [0.5, 0.6) is 0 Å². The van der Waals surface area contributed by atoms with E-state index in [1.807, 2.05) is 34.9 Å². The summed E-state index contributed by atoms with van der Waals surface area (Å²) in [7, 11) is 0. The second-order valence-corrected chi connectivity index (χ2v) is 13.5. The molecule has 48 heavy (non-hydrogen) atoms. The Hall–Kier alpha value is -4.98. The number of hydrogen-bond acceptors (Lipinski definition) is 6. The van der Waals surface area contributed by atoms with E-state index in [-0.39, 0.29) is 11.0 Å². The Kier molecular flexibility index (Phi) is 9.62. The van der Waals surface area contributed by atoms with Crippen LogP contribution in [0.15, 0.2) is 67.3 Å². The second-order valence-electron chi connectivity index (χ2n) is 13.5. The van der Waals surface area contributed by atoms with E-state index in [1.54, 1.807) is 25.5 Å². The highest BCUT2D eigenvalue weighted by molar-refractivity contribution is 6.05. The van der Waals surface area contributed by atoms with Crippen LogP contribution in [0.1, 0.15) is 72.4 Å². The standard InChI is InChI=1S/C38H43FN8O/c1-6-11-45-13-15-46(16-14-45)25-27-18-29(38(3,4)5)21-30(19-27)44-37(48)33-20-28(26(2)17-34(33)39)9-10-32-24-40-36-35(8-7-12-47(32)36)43-31-22-41-42-23-31/h7-8,12,17-24,43H,6,11,13-16,25H2,1-5H3,(H,41,42)(H,44,48). The van der Waals surface area contributed by atoms with E-state index < -0.39 is 11.7 Å². The Bertz CT molecular complexity index is 1970. The topological polar surface area (TPSA) is 93.6 Å². The van der Waals surface area contributed by atoms with Crippen molar-refractivity contribution in [1.29, 1.82) is 0 Å². The number of piperazine rings is 1. The molecule has 3 N–H and O–H groups in total. The van der Waals surface area contributed by atoms with Gasteiger partial charge in [0.2, 0.25) is 0 Å². The van der Waals surface area contributed by atoms with E-state index in [0.29, 0.717) is 28.2 Å². The van der Waals surface area contributed by atoms with Crippen molar-refractivity contribution >= 4 is 28.6 Å². The number of rotatable bonds is 8. The quantitative estimate of drug-likeness (QED) is 0.162. The normalized spacial score (nSPS) is 14.1. The lowest BCUT2D eigenvalue weighted by molar-refractivity contribution is 0.102. The fourth-order valence-corrected chi connectivity index (χ4v) is 6.02. The number of nitrogens with zero attached hydrogens (tertiary/aromatic N) is 5. The minimum atomic E-state index is -0.586. The molecule has 1 aliphatic heterocycles. The fraction of sp³-hybridized carbons (Fsp3) is 0.342. The molecule has 248 valence electrons. The van der Waals surface area contributed by atoms with Crippen LogP contribution in [-0.2, 0) is 12.0 Å². The van der Waals surface area contributed by atoms with E-state index in [2.05, 4.69) is 81.2 Å². The molecule has 1 saturated heterocycles. The Labute approximate surface area is 281 Å². The molecule has 6 rings (SSSR count). The van der Waals surface area contributed by atoms with Crippen LogP contribution < -0.4 is 10.6 Å². The number of aromatic nitrogens is 4. The van der Waals surface area contributed by atoms with Crippen molar-refractivity contribution in [1.82, 2.24) is 29.4 Å². The summed E-state index contributed by atoms with van der Waals surface area (Å²) >= 11 is 0. The third-order valence-corrected chi connectivity index (χ3v) is 8.72. The molecule has 0 spiro atoms. The van der Waals surface area contributed by atoms with Gasteiger partial charge in [0, 0.05) is 56.4 Å². The largest absolute Gasteiger partial charge is 0.350 e. The number of imidazole rings is 1. The number of halogens is 1. The molecule has 0 unspecified atom stereocenters. The van der Waals surface area contributed by atoms with E-state index in [4.69, 9.17) is 0 Å². The summed E-state index contributed by atoms with van der Waals surface area (Å²) in [5.41, 5.74) is 6.92. The van der Waals surface area contributed by atoms with Crippen molar-refractivity contribution in [3.05, 3.63) is 107 Å². The van der Waals surface area contributed by atoms with E-state index >= 15 is 4.39 Å². The Morgan fingerprint density at radius 3 is 2.54 bits per heavy atom. The molecule has 0 bridgehead atoms. The van der Waals surface area contributed by atoms with Crippen LogP contribution >= 0.6 is 0 Å². The minimum absolute atomic E-state index is 0.0515. The van der Waals surface area contributed by atoms with E-state index in [0.717, 1.165) is 61.8 Å². The van der Waals surface area contributed by atoms with Gasteiger partial charge in [-0.1, -0.05) is 39.7 Å². The van der Waals surface area contributed by atoms with Crippen molar-refractivity contribution in [3.8, 4) is 11.8 Å². The monoisotopic (exact) mass is 646 g/mol. The number of hydrogen-bond donors (Lipinski definition) is 3. The summed E-state index contributed by atoms with van der Waals surface area (Å²) in [6, 6.07) is 13.0. The van der Waals surface area contributed by atoms with Crippen molar-refractivity contribution in [3.63, 3.8) is 0 Å². The van der Waals surface area contributed by atoms with E-state index in [1.165, 1.54) is 18.6 Å². The van der Waals surface area contributed by atoms with Crippen LogP contribution in [0.3, 0.4) is 0 Å². The number of amides is 1. The summed E-state index contributed by atoms with van der Waals surface area (Å²) in [6.45, 7) is 16.6. The van der Waals surface area contributed by atoms with Gasteiger partial charge in [-0.25, -0.2) is 9.37 Å². The van der Waals surface area contributed by atoms with Crippen molar-refractivity contribution in [2.45, 2.75) is 53.0 Å². The molecule has 3 aromatic heterocycles. The number of H-pyrrole nitrogens is 1. The molecule has 2 aromatic carbocycles.